The first kappa shape index (κ1) is 12.2. The van der Waals surface area contributed by atoms with Crippen LogP contribution < -0.4 is 10.6 Å². The Balaban J connectivity index is 1.54. The quantitative estimate of drug-likeness (QED) is 0.712. The van der Waals surface area contributed by atoms with Crippen molar-refractivity contribution in [2.45, 2.75) is 44.7 Å². The third-order valence-electron chi connectivity index (χ3n) is 3.02. The fourth-order valence-electron chi connectivity index (χ4n) is 1.73. The molecule has 1 atom stereocenters. The van der Waals surface area contributed by atoms with Crippen molar-refractivity contribution in [3.8, 4) is 0 Å². The monoisotopic (exact) mass is 236 g/mol. The number of carbonyl (C=O) groups is 1. The van der Waals surface area contributed by atoms with Crippen LogP contribution in [-0.2, 0) is 4.79 Å². The summed E-state index contributed by atoms with van der Waals surface area (Å²) >= 11 is 0. The standard InChI is InChI=1S/C13H20N2O2/c1-10(11-6-8-17-9-11)14-7-2-3-13(16)15-12-4-5-12/h6,8-10,12,14H,2-5,7H2,1H3,(H,15,16). The fraction of sp³-hybridized carbons (Fsp3) is 0.615. The lowest BCUT2D eigenvalue weighted by molar-refractivity contribution is -0.121. The van der Waals surface area contributed by atoms with Gasteiger partial charge in [-0.15, -0.1) is 0 Å². The van der Waals surface area contributed by atoms with E-state index in [4.69, 9.17) is 4.42 Å². The minimum Gasteiger partial charge on any atom is -0.472 e. The molecule has 94 valence electrons. The number of nitrogens with one attached hydrogen (secondary N) is 2. The van der Waals surface area contributed by atoms with Gasteiger partial charge in [-0.3, -0.25) is 4.79 Å². The summed E-state index contributed by atoms with van der Waals surface area (Å²) in [5, 5.41) is 6.36. The minimum absolute atomic E-state index is 0.185. The second kappa shape index (κ2) is 5.87. The second-order valence-corrected chi connectivity index (χ2v) is 4.68. The van der Waals surface area contributed by atoms with Crippen LogP contribution in [0.25, 0.3) is 0 Å². The summed E-state index contributed by atoms with van der Waals surface area (Å²) in [7, 11) is 0. The highest BCUT2D eigenvalue weighted by atomic mass is 16.3. The largest absolute Gasteiger partial charge is 0.472 e. The molecule has 1 unspecified atom stereocenters. The Morgan fingerprint density at radius 1 is 1.59 bits per heavy atom. The molecule has 4 nitrogen and oxygen atoms in total. The number of hydrogen-bond acceptors (Lipinski definition) is 3. The van der Waals surface area contributed by atoms with Gasteiger partial charge in [0.15, 0.2) is 0 Å². The zero-order valence-electron chi connectivity index (χ0n) is 10.2. The third kappa shape index (κ3) is 4.23. The van der Waals surface area contributed by atoms with E-state index in [1.54, 1.807) is 12.5 Å². The van der Waals surface area contributed by atoms with Crippen LogP contribution in [-0.4, -0.2) is 18.5 Å². The highest BCUT2D eigenvalue weighted by Gasteiger charge is 2.22. The van der Waals surface area contributed by atoms with E-state index in [0.29, 0.717) is 12.5 Å². The second-order valence-electron chi connectivity index (χ2n) is 4.68. The normalized spacial score (nSPS) is 16.8. The van der Waals surface area contributed by atoms with Gasteiger partial charge in [-0.05, 0) is 38.8 Å². The van der Waals surface area contributed by atoms with Crippen LogP contribution in [0.4, 0.5) is 0 Å². The average Bonchev–Trinajstić information content (AvgIpc) is 2.96. The van der Waals surface area contributed by atoms with E-state index in [1.807, 2.05) is 6.07 Å². The molecule has 0 aromatic carbocycles. The van der Waals surface area contributed by atoms with E-state index in [-0.39, 0.29) is 11.9 Å². The van der Waals surface area contributed by atoms with Crippen molar-refractivity contribution in [2.75, 3.05) is 6.54 Å². The third-order valence-corrected chi connectivity index (χ3v) is 3.02. The molecule has 0 aliphatic heterocycles. The molecule has 17 heavy (non-hydrogen) atoms. The van der Waals surface area contributed by atoms with Gasteiger partial charge in [0, 0.05) is 24.1 Å². The average molecular weight is 236 g/mol. The SMILES string of the molecule is CC(NCCCC(=O)NC1CC1)c1ccoc1. The predicted molar refractivity (Wildman–Crippen MR) is 65.5 cm³/mol. The van der Waals surface area contributed by atoms with Crippen molar-refractivity contribution in [3.63, 3.8) is 0 Å². The number of furan rings is 1. The summed E-state index contributed by atoms with van der Waals surface area (Å²) in [4.78, 5) is 11.4. The first-order chi connectivity index (χ1) is 8.25. The molecule has 0 bridgehead atoms. The lowest BCUT2D eigenvalue weighted by Crippen LogP contribution is -2.27. The lowest BCUT2D eigenvalue weighted by atomic mass is 10.2. The Morgan fingerprint density at radius 2 is 2.41 bits per heavy atom. The van der Waals surface area contributed by atoms with Gasteiger partial charge in [-0.25, -0.2) is 0 Å². The van der Waals surface area contributed by atoms with E-state index in [2.05, 4.69) is 17.6 Å². The van der Waals surface area contributed by atoms with Crippen molar-refractivity contribution in [2.24, 2.45) is 0 Å². The van der Waals surface area contributed by atoms with Crippen LogP contribution in [0.3, 0.4) is 0 Å². The summed E-state index contributed by atoms with van der Waals surface area (Å²) in [6, 6.07) is 2.71. The van der Waals surface area contributed by atoms with E-state index >= 15 is 0 Å². The summed E-state index contributed by atoms with van der Waals surface area (Å²) in [5.74, 6) is 0.185. The molecule has 1 fully saturated rings. The van der Waals surface area contributed by atoms with Crippen LogP contribution >= 0.6 is 0 Å². The Hall–Kier alpha value is -1.29. The van der Waals surface area contributed by atoms with E-state index in [1.165, 1.54) is 0 Å². The molecule has 1 aliphatic rings. The molecule has 0 spiro atoms. The minimum atomic E-state index is 0.185. The smallest absolute Gasteiger partial charge is 0.220 e. The molecule has 1 amide bonds. The van der Waals surface area contributed by atoms with Crippen LogP contribution in [0, 0.1) is 0 Å². The Kier molecular flexibility index (Phi) is 4.20. The van der Waals surface area contributed by atoms with Crippen molar-refractivity contribution in [3.05, 3.63) is 24.2 Å². The van der Waals surface area contributed by atoms with Crippen LogP contribution in [0.5, 0.6) is 0 Å². The summed E-state index contributed by atoms with van der Waals surface area (Å²) in [6.45, 7) is 2.94. The Labute approximate surface area is 102 Å². The van der Waals surface area contributed by atoms with Crippen molar-refractivity contribution >= 4 is 5.91 Å². The molecule has 4 heteroatoms. The molecule has 1 aromatic rings. The van der Waals surface area contributed by atoms with Gasteiger partial charge in [0.25, 0.3) is 0 Å². The number of hydrogen-bond donors (Lipinski definition) is 2. The van der Waals surface area contributed by atoms with Crippen molar-refractivity contribution < 1.29 is 9.21 Å². The van der Waals surface area contributed by atoms with Gasteiger partial charge >= 0.3 is 0 Å². The van der Waals surface area contributed by atoms with E-state index in [0.717, 1.165) is 31.4 Å². The summed E-state index contributed by atoms with van der Waals surface area (Å²) < 4.78 is 5.03. The molecule has 1 aliphatic carbocycles. The van der Waals surface area contributed by atoms with Gasteiger partial charge in [0.1, 0.15) is 0 Å². The van der Waals surface area contributed by atoms with Crippen LogP contribution in [0.2, 0.25) is 0 Å². The van der Waals surface area contributed by atoms with Gasteiger partial charge in [-0.1, -0.05) is 0 Å². The van der Waals surface area contributed by atoms with Crippen molar-refractivity contribution in [1.29, 1.82) is 0 Å². The molecule has 2 rings (SSSR count). The maximum absolute atomic E-state index is 11.4. The van der Waals surface area contributed by atoms with Crippen molar-refractivity contribution in [1.82, 2.24) is 10.6 Å². The van der Waals surface area contributed by atoms with Gasteiger partial charge < -0.3 is 15.1 Å². The maximum Gasteiger partial charge on any atom is 0.220 e. The molecule has 0 radical (unpaired) electrons. The first-order valence-electron chi connectivity index (χ1n) is 6.30. The zero-order valence-corrected chi connectivity index (χ0v) is 10.2. The molecular formula is C13H20N2O2. The van der Waals surface area contributed by atoms with Gasteiger partial charge in [-0.2, -0.15) is 0 Å². The van der Waals surface area contributed by atoms with E-state index < -0.39 is 0 Å². The lowest BCUT2D eigenvalue weighted by Gasteiger charge is -2.11. The number of carbonyl (C=O) groups excluding carboxylic acids is 1. The molecule has 1 aromatic heterocycles. The molecule has 1 saturated carbocycles. The number of rotatable bonds is 7. The zero-order chi connectivity index (χ0) is 12.1. The van der Waals surface area contributed by atoms with Gasteiger partial charge in [0.05, 0.1) is 12.5 Å². The van der Waals surface area contributed by atoms with E-state index in [9.17, 15) is 4.79 Å². The predicted octanol–water partition coefficient (Wildman–Crippen LogP) is 1.99. The topological polar surface area (TPSA) is 54.3 Å². The Morgan fingerprint density at radius 3 is 3.06 bits per heavy atom. The highest BCUT2D eigenvalue weighted by Crippen LogP contribution is 2.18. The van der Waals surface area contributed by atoms with Crippen LogP contribution in [0.15, 0.2) is 23.0 Å². The molecular weight excluding hydrogens is 216 g/mol. The first-order valence-corrected chi connectivity index (χ1v) is 6.30. The Bertz CT molecular complexity index is 344. The fourth-order valence-corrected chi connectivity index (χ4v) is 1.73. The maximum atomic E-state index is 11.4. The molecule has 0 saturated heterocycles. The highest BCUT2D eigenvalue weighted by molar-refractivity contribution is 5.76. The number of amides is 1. The molecule has 2 N–H and O–H groups in total. The molecule has 1 heterocycles. The summed E-state index contributed by atoms with van der Waals surface area (Å²) in [5.41, 5.74) is 1.15. The summed E-state index contributed by atoms with van der Waals surface area (Å²) in [6.07, 6.45) is 7.22. The van der Waals surface area contributed by atoms with Gasteiger partial charge in [0.2, 0.25) is 5.91 Å². The van der Waals surface area contributed by atoms with Crippen LogP contribution in [0.1, 0.15) is 44.2 Å².